The van der Waals surface area contributed by atoms with Crippen molar-refractivity contribution < 1.29 is 14.3 Å². The second-order valence-corrected chi connectivity index (χ2v) is 6.08. The molecule has 0 bridgehead atoms. The summed E-state index contributed by atoms with van der Waals surface area (Å²) in [5.74, 6) is 3.21. The molecule has 1 aliphatic heterocycles. The van der Waals surface area contributed by atoms with Crippen molar-refractivity contribution in [2.45, 2.75) is 32.8 Å². The molecular formula is C16H19N3O3. The first-order valence-electron chi connectivity index (χ1n) is 7.02. The minimum absolute atomic E-state index is 0.0649. The van der Waals surface area contributed by atoms with Gasteiger partial charge in [0.05, 0.1) is 0 Å². The van der Waals surface area contributed by atoms with Crippen molar-refractivity contribution in [1.82, 2.24) is 4.98 Å². The quantitative estimate of drug-likeness (QED) is 0.852. The van der Waals surface area contributed by atoms with E-state index in [0.717, 1.165) is 0 Å². The van der Waals surface area contributed by atoms with Crippen LogP contribution in [0.25, 0.3) is 0 Å². The Bertz CT molecular complexity index is 628. The third-order valence-corrected chi connectivity index (χ3v) is 3.00. The zero-order valence-corrected chi connectivity index (χ0v) is 12.9. The van der Waals surface area contributed by atoms with Gasteiger partial charge in [-0.1, -0.05) is 6.07 Å². The van der Waals surface area contributed by atoms with Crippen LogP contribution in [0.5, 0.6) is 0 Å². The van der Waals surface area contributed by atoms with E-state index >= 15 is 0 Å². The van der Waals surface area contributed by atoms with Gasteiger partial charge in [-0.05, 0) is 32.9 Å². The van der Waals surface area contributed by atoms with Gasteiger partial charge in [0.1, 0.15) is 17.2 Å². The van der Waals surface area contributed by atoms with Crippen LogP contribution in [0.15, 0.2) is 18.2 Å². The molecule has 22 heavy (non-hydrogen) atoms. The first-order valence-corrected chi connectivity index (χ1v) is 7.02. The van der Waals surface area contributed by atoms with Gasteiger partial charge in [0.2, 0.25) is 5.91 Å². The van der Waals surface area contributed by atoms with E-state index in [1.54, 1.807) is 39.0 Å². The number of terminal acetylenes is 1. The normalized spacial score (nSPS) is 18.0. The molecule has 0 aliphatic carbocycles. The van der Waals surface area contributed by atoms with Crippen LogP contribution >= 0.6 is 0 Å². The highest BCUT2D eigenvalue weighted by molar-refractivity contribution is 5.95. The van der Waals surface area contributed by atoms with Gasteiger partial charge < -0.3 is 4.74 Å². The Labute approximate surface area is 129 Å². The molecule has 1 aliphatic rings. The van der Waals surface area contributed by atoms with Crippen LogP contribution in [0.1, 0.15) is 27.2 Å². The minimum Gasteiger partial charge on any atom is -0.444 e. The van der Waals surface area contributed by atoms with Crippen LogP contribution in [0.3, 0.4) is 0 Å². The zero-order chi connectivity index (χ0) is 16.3. The maximum Gasteiger partial charge on any atom is 0.413 e. The lowest BCUT2D eigenvalue weighted by Gasteiger charge is -2.20. The summed E-state index contributed by atoms with van der Waals surface area (Å²) in [4.78, 5) is 29.5. The van der Waals surface area contributed by atoms with Crippen molar-refractivity contribution >= 4 is 23.6 Å². The van der Waals surface area contributed by atoms with Gasteiger partial charge in [-0.15, -0.1) is 12.3 Å². The Morgan fingerprint density at radius 2 is 2.23 bits per heavy atom. The number of carbonyl (C=O) groups is 2. The van der Waals surface area contributed by atoms with Gasteiger partial charge in [0.25, 0.3) is 0 Å². The van der Waals surface area contributed by atoms with E-state index in [1.807, 2.05) is 0 Å². The molecule has 0 saturated carbocycles. The number of anilines is 2. The van der Waals surface area contributed by atoms with E-state index in [1.165, 1.54) is 4.90 Å². The number of carbonyl (C=O) groups excluding carboxylic acids is 2. The fraction of sp³-hybridized carbons (Fsp3) is 0.438. The van der Waals surface area contributed by atoms with Gasteiger partial charge in [-0.2, -0.15) is 0 Å². The molecule has 1 fully saturated rings. The number of amides is 2. The van der Waals surface area contributed by atoms with E-state index in [9.17, 15) is 9.59 Å². The SMILES string of the molecule is C#CC1CC(=O)N(c2cccc(NC(=O)OC(C)(C)C)n2)C1. The van der Waals surface area contributed by atoms with Crippen molar-refractivity contribution in [1.29, 1.82) is 0 Å². The van der Waals surface area contributed by atoms with Crippen molar-refractivity contribution in [3.05, 3.63) is 18.2 Å². The smallest absolute Gasteiger partial charge is 0.413 e. The van der Waals surface area contributed by atoms with E-state index in [-0.39, 0.29) is 11.8 Å². The Morgan fingerprint density at radius 1 is 1.50 bits per heavy atom. The Morgan fingerprint density at radius 3 is 2.82 bits per heavy atom. The van der Waals surface area contributed by atoms with Crippen LogP contribution in [-0.2, 0) is 9.53 Å². The molecule has 116 valence electrons. The maximum absolute atomic E-state index is 11.9. The molecule has 2 rings (SSSR count). The number of rotatable bonds is 2. The van der Waals surface area contributed by atoms with E-state index < -0.39 is 11.7 Å². The molecule has 0 spiro atoms. The van der Waals surface area contributed by atoms with Crippen molar-refractivity contribution in [3.8, 4) is 12.3 Å². The maximum atomic E-state index is 11.9. The Balaban J connectivity index is 2.09. The number of pyridine rings is 1. The molecular weight excluding hydrogens is 282 g/mol. The molecule has 6 heteroatoms. The highest BCUT2D eigenvalue weighted by Gasteiger charge is 2.30. The van der Waals surface area contributed by atoms with Gasteiger partial charge in [-0.25, -0.2) is 9.78 Å². The summed E-state index contributed by atoms with van der Waals surface area (Å²) in [6.45, 7) is 5.77. The topological polar surface area (TPSA) is 71.5 Å². The van der Waals surface area contributed by atoms with Gasteiger partial charge in [0, 0.05) is 18.9 Å². The van der Waals surface area contributed by atoms with Crippen LogP contribution in [0.4, 0.5) is 16.4 Å². The van der Waals surface area contributed by atoms with E-state index in [2.05, 4.69) is 16.2 Å². The number of hydrogen-bond acceptors (Lipinski definition) is 4. The van der Waals surface area contributed by atoms with Crippen molar-refractivity contribution in [2.24, 2.45) is 5.92 Å². The van der Waals surface area contributed by atoms with Gasteiger partial charge in [0.15, 0.2) is 0 Å². The summed E-state index contributed by atoms with van der Waals surface area (Å²) < 4.78 is 5.17. The lowest BCUT2D eigenvalue weighted by atomic mass is 10.1. The average Bonchev–Trinajstić information content (AvgIpc) is 2.78. The number of aromatic nitrogens is 1. The summed E-state index contributed by atoms with van der Waals surface area (Å²) >= 11 is 0. The summed E-state index contributed by atoms with van der Waals surface area (Å²) in [5.41, 5.74) is -0.591. The highest BCUT2D eigenvalue weighted by Crippen LogP contribution is 2.24. The lowest BCUT2D eigenvalue weighted by molar-refractivity contribution is -0.117. The number of nitrogens with zero attached hydrogens (tertiary/aromatic N) is 2. The number of hydrogen-bond donors (Lipinski definition) is 1. The zero-order valence-electron chi connectivity index (χ0n) is 12.9. The van der Waals surface area contributed by atoms with Crippen molar-refractivity contribution in [3.63, 3.8) is 0 Å². The molecule has 2 heterocycles. The standard InChI is InChI=1S/C16H19N3O3/c1-5-11-9-14(20)19(10-11)13-8-6-7-12(17-13)18-15(21)22-16(2,3)4/h1,6-8,11H,9-10H2,2-4H3,(H,17,18,21). The second-order valence-electron chi connectivity index (χ2n) is 6.08. The Kier molecular flexibility index (Phi) is 4.36. The van der Waals surface area contributed by atoms with Crippen LogP contribution < -0.4 is 10.2 Å². The first-order chi connectivity index (χ1) is 10.3. The van der Waals surface area contributed by atoms with E-state index in [4.69, 9.17) is 11.2 Å². The number of ether oxygens (including phenoxy) is 1. The van der Waals surface area contributed by atoms with Crippen LogP contribution in [0, 0.1) is 18.3 Å². The predicted molar refractivity (Wildman–Crippen MR) is 83.4 cm³/mol. The minimum atomic E-state index is -0.591. The average molecular weight is 301 g/mol. The largest absolute Gasteiger partial charge is 0.444 e. The molecule has 1 aromatic heterocycles. The lowest BCUT2D eigenvalue weighted by Crippen LogP contribution is -2.28. The third-order valence-electron chi connectivity index (χ3n) is 3.00. The fourth-order valence-corrected chi connectivity index (χ4v) is 2.09. The molecule has 6 nitrogen and oxygen atoms in total. The van der Waals surface area contributed by atoms with Crippen LogP contribution in [0.2, 0.25) is 0 Å². The molecule has 1 atom stereocenters. The first kappa shape index (κ1) is 15.8. The third kappa shape index (κ3) is 3.98. The van der Waals surface area contributed by atoms with Gasteiger partial charge >= 0.3 is 6.09 Å². The summed E-state index contributed by atoms with van der Waals surface area (Å²) in [5, 5.41) is 2.55. The molecule has 0 aromatic carbocycles. The monoisotopic (exact) mass is 301 g/mol. The Hall–Kier alpha value is -2.55. The van der Waals surface area contributed by atoms with Gasteiger partial charge in [-0.3, -0.25) is 15.0 Å². The summed E-state index contributed by atoms with van der Waals surface area (Å²) in [6, 6.07) is 5.05. The molecule has 1 unspecified atom stereocenters. The molecule has 0 radical (unpaired) electrons. The molecule has 1 saturated heterocycles. The number of nitrogens with one attached hydrogen (secondary N) is 1. The van der Waals surface area contributed by atoms with Crippen LogP contribution in [-0.4, -0.2) is 29.1 Å². The highest BCUT2D eigenvalue weighted by atomic mass is 16.6. The fourth-order valence-electron chi connectivity index (χ4n) is 2.09. The molecule has 1 aromatic rings. The van der Waals surface area contributed by atoms with E-state index in [0.29, 0.717) is 24.6 Å². The van der Waals surface area contributed by atoms with Crippen molar-refractivity contribution in [2.75, 3.05) is 16.8 Å². The second kappa shape index (κ2) is 6.06. The summed E-state index contributed by atoms with van der Waals surface area (Å²) in [7, 11) is 0. The summed E-state index contributed by atoms with van der Waals surface area (Å²) in [6.07, 6.45) is 5.10. The predicted octanol–water partition coefficient (Wildman–Crippen LogP) is 2.41. The molecule has 2 amide bonds. The molecule has 1 N–H and O–H groups in total.